The van der Waals surface area contributed by atoms with Gasteiger partial charge in [0.25, 0.3) is 0 Å². The number of nitrogens with one attached hydrogen (secondary N) is 5. The Labute approximate surface area is 421 Å². The third-order valence-corrected chi connectivity index (χ3v) is 19.1. The number of carbonyl (C=O) groups excluding carboxylic acids is 5. The van der Waals surface area contributed by atoms with Gasteiger partial charge in [0.2, 0.25) is 29.5 Å². The summed E-state index contributed by atoms with van der Waals surface area (Å²) in [5.41, 5.74) is 11.7. The third-order valence-electron chi connectivity index (χ3n) is 19.1. The van der Waals surface area contributed by atoms with E-state index in [4.69, 9.17) is 11.5 Å². The Balaban J connectivity index is 1.38. The highest BCUT2D eigenvalue weighted by molar-refractivity contribution is 5.97. The number of carbonyl (C=O) groups is 6. The first kappa shape index (κ1) is 58.2. The van der Waals surface area contributed by atoms with Gasteiger partial charge in [-0.15, -0.1) is 0 Å². The van der Waals surface area contributed by atoms with Gasteiger partial charge >= 0.3 is 5.97 Å². The Morgan fingerprint density at radius 1 is 0.662 bits per heavy atom. The van der Waals surface area contributed by atoms with E-state index in [9.17, 15) is 49.5 Å². The maximum Gasteiger partial charge on any atom is 0.328 e. The molecule has 71 heavy (non-hydrogen) atoms. The number of hydrogen-bond acceptors (Lipinski definition) is 12. The highest BCUT2D eigenvalue weighted by Crippen LogP contribution is 2.75. The van der Waals surface area contributed by atoms with Gasteiger partial charge < -0.3 is 63.6 Å². The minimum absolute atomic E-state index is 0.0120. The van der Waals surface area contributed by atoms with Crippen molar-refractivity contribution in [1.82, 2.24) is 26.6 Å². The van der Waals surface area contributed by atoms with Crippen LogP contribution >= 0.6 is 0 Å². The molecule has 5 amide bonds. The van der Waals surface area contributed by atoms with Crippen LogP contribution in [0.15, 0.2) is 11.6 Å². The molecule has 0 unspecified atom stereocenters. The number of fused-ring (bicyclic) bond motifs is 7. The molecule has 404 valence electrons. The van der Waals surface area contributed by atoms with Crippen molar-refractivity contribution in [3.8, 4) is 0 Å². The van der Waals surface area contributed by atoms with Crippen LogP contribution in [0.5, 0.6) is 0 Å². The molecule has 0 radical (unpaired) electrons. The van der Waals surface area contributed by atoms with Crippen molar-refractivity contribution in [2.45, 2.75) is 214 Å². The normalized spacial score (nSPS) is 33.5. The molecule has 0 bridgehead atoms. The predicted molar refractivity (Wildman–Crippen MR) is 269 cm³/mol. The number of rotatable bonds is 22. The second kappa shape index (κ2) is 22.8. The van der Waals surface area contributed by atoms with Crippen LogP contribution < -0.4 is 38.1 Å². The molecular weight excluding hydrogens is 911 g/mol. The molecule has 5 aliphatic rings. The Kier molecular flexibility index (Phi) is 18.7. The zero-order valence-electron chi connectivity index (χ0n) is 44.2. The first-order valence-electron chi connectivity index (χ1n) is 26.6. The van der Waals surface area contributed by atoms with Gasteiger partial charge in [-0.25, -0.2) is 4.79 Å². The van der Waals surface area contributed by atoms with E-state index in [2.05, 4.69) is 81.1 Å². The fourth-order valence-corrected chi connectivity index (χ4v) is 14.5. The summed E-state index contributed by atoms with van der Waals surface area (Å²) >= 11 is 0. The van der Waals surface area contributed by atoms with Gasteiger partial charge in [-0.2, -0.15) is 0 Å². The van der Waals surface area contributed by atoms with Crippen LogP contribution in [0, 0.1) is 50.2 Å². The number of aliphatic hydroxyl groups is 4. The van der Waals surface area contributed by atoms with Crippen LogP contribution in [0.1, 0.15) is 165 Å². The van der Waals surface area contributed by atoms with Crippen molar-refractivity contribution >= 4 is 35.5 Å². The molecule has 14 N–H and O–H groups in total. The summed E-state index contributed by atoms with van der Waals surface area (Å²) in [5, 5.41) is 64.6. The molecule has 0 heterocycles. The van der Waals surface area contributed by atoms with E-state index >= 15 is 4.79 Å². The molecular formula is C53H91N7O11. The lowest BCUT2D eigenvalue weighted by Crippen LogP contribution is -2.66. The van der Waals surface area contributed by atoms with Crippen LogP contribution in [0.4, 0.5) is 0 Å². The molecule has 0 aromatic rings. The molecule has 0 aromatic heterocycles. The smallest absolute Gasteiger partial charge is 0.328 e. The number of nitrogens with two attached hydrogens (primary N) is 2. The summed E-state index contributed by atoms with van der Waals surface area (Å²) in [5.74, 6) is -4.61. The topological polar surface area (TPSA) is 316 Å². The van der Waals surface area contributed by atoms with Gasteiger partial charge in [-0.1, -0.05) is 60.1 Å². The average Bonchev–Trinajstić information content (AvgIpc) is 3.29. The molecule has 4 saturated carbocycles. The quantitative estimate of drug-likeness (QED) is 0.0549. The molecule has 18 heteroatoms. The standard InChI is InChI=1S/C53H91N7O11/c1-30(62)40(44(67)56-34(14-10-12-26-54)42(65)57-36(29-61)46(69)70)60-45(68)41(31(2)63)59-43(66)35(15-11-13-27-55)58-47(71)53-24-22-48(3,4)28-33(53)32-16-17-38-50(7)20-19-39(64)49(5,6)37(50)18-21-52(38,9)51(32,8)23-25-53/h16,30-31,33-41,61-64H,10-15,17-29,54-55H2,1-9H3,(H,56,67)(H,57,65)(H,58,71)(H,59,66)(H,60,68)(H,69,70)/t30-,31-,33+,34+,35+,36+,37+,38-,39+,40+,41+,50+,51-,52-,53+/m1/s1. The van der Waals surface area contributed by atoms with Gasteiger partial charge in [0, 0.05) is 0 Å². The van der Waals surface area contributed by atoms with Gasteiger partial charge in [0.05, 0.1) is 30.3 Å². The fraction of sp³-hybridized carbons (Fsp3) is 0.849. The zero-order valence-corrected chi connectivity index (χ0v) is 44.2. The van der Waals surface area contributed by atoms with Crippen LogP contribution in [-0.2, 0) is 28.8 Å². The van der Waals surface area contributed by atoms with E-state index in [1.165, 1.54) is 19.4 Å². The second-order valence-electron chi connectivity index (χ2n) is 24.4. The minimum Gasteiger partial charge on any atom is -0.480 e. The molecule has 18 nitrogen and oxygen atoms in total. The van der Waals surface area contributed by atoms with Crippen LogP contribution in [0.3, 0.4) is 0 Å². The summed E-state index contributed by atoms with van der Waals surface area (Å²) < 4.78 is 0. The van der Waals surface area contributed by atoms with Crippen molar-refractivity contribution < 1.29 is 54.3 Å². The van der Waals surface area contributed by atoms with Crippen molar-refractivity contribution in [2.75, 3.05) is 19.7 Å². The molecule has 0 spiro atoms. The maximum absolute atomic E-state index is 15.3. The van der Waals surface area contributed by atoms with E-state index in [0.29, 0.717) is 56.9 Å². The number of aliphatic hydroxyl groups excluding tert-OH is 4. The lowest BCUT2D eigenvalue weighted by Gasteiger charge is -2.71. The van der Waals surface area contributed by atoms with Gasteiger partial charge in [0.15, 0.2) is 0 Å². The van der Waals surface area contributed by atoms with Gasteiger partial charge in [0.1, 0.15) is 30.2 Å². The summed E-state index contributed by atoms with van der Waals surface area (Å²) in [6.07, 6.45) is 9.75. The molecule has 0 aliphatic heterocycles. The Morgan fingerprint density at radius 3 is 1.73 bits per heavy atom. The first-order valence-corrected chi connectivity index (χ1v) is 26.6. The average molecular weight is 1000 g/mol. The Hall–Kier alpha value is -3.68. The molecule has 4 fully saturated rings. The van der Waals surface area contributed by atoms with Gasteiger partial charge in [-0.3, -0.25) is 24.0 Å². The fourth-order valence-electron chi connectivity index (χ4n) is 14.5. The molecule has 5 rings (SSSR count). The number of allylic oxidation sites excluding steroid dienone is 2. The number of aliphatic carboxylic acids is 1. The SMILES string of the molecule is C[C@@H](O)[C@H](NC(=O)[C@H](CCCCN)NC(=O)[C@]12CCC(C)(C)C[C@H]1C1=CC[C@@H]3[C@@]4(C)CC[C@H](O)C(C)(C)[C@@H]4CC[C@@]3(C)[C@]1(C)CC2)C(=O)N[C@H](C(=O)N[C@@H](CCCCN)C(=O)N[C@@H](CO)C(=O)O)[C@@H](C)O. The van der Waals surface area contributed by atoms with E-state index in [0.717, 1.165) is 51.4 Å². The van der Waals surface area contributed by atoms with Crippen LogP contribution in [0.25, 0.3) is 0 Å². The van der Waals surface area contributed by atoms with Gasteiger partial charge in [-0.05, 0) is 174 Å². The predicted octanol–water partition coefficient (Wildman–Crippen LogP) is 2.67. The lowest BCUT2D eigenvalue weighted by molar-refractivity contribution is -0.203. The maximum atomic E-state index is 15.3. The Morgan fingerprint density at radius 2 is 1.18 bits per heavy atom. The third kappa shape index (κ3) is 11.7. The van der Waals surface area contributed by atoms with Crippen molar-refractivity contribution in [2.24, 2.45) is 61.7 Å². The van der Waals surface area contributed by atoms with Crippen molar-refractivity contribution in [3.63, 3.8) is 0 Å². The first-order chi connectivity index (χ1) is 33.1. The minimum atomic E-state index is -1.70. The lowest BCUT2D eigenvalue weighted by atomic mass is 9.33. The van der Waals surface area contributed by atoms with Crippen molar-refractivity contribution in [1.29, 1.82) is 0 Å². The summed E-state index contributed by atoms with van der Waals surface area (Å²) in [7, 11) is 0. The molecule has 0 saturated heterocycles. The largest absolute Gasteiger partial charge is 0.480 e. The van der Waals surface area contributed by atoms with Crippen molar-refractivity contribution in [3.05, 3.63) is 11.6 Å². The highest BCUT2D eigenvalue weighted by Gasteiger charge is 2.69. The van der Waals surface area contributed by atoms with E-state index < -0.39 is 84.0 Å². The van der Waals surface area contributed by atoms with Crippen LogP contribution in [0.2, 0.25) is 0 Å². The number of carboxylic acid groups (broad SMARTS) is 1. The summed E-state index contributed by atoms with van der Waals surface area (Å²) in [4.78, 5) is 82.1. The summed E-state index contributed by atoms with van der Waals surface area (Å²) in [6, 6.07) is -7.45. The number of carboxylic acids is 1. The second-order valence-corrected chi connectivity index (χ2v) is 24.4. The van der Waals surface area contributed by atoms with E-state index in [-0.39, 0.29) is 64.4 Å². The molecule has 0 aromatic carbocycles. The number of amides is 5. The number of unbranched alkanes of at least 4 members (excludes halogenated alkanes) is 2. The monoisotopic (exact) mass is 1000 g/mol. The highest BCUT2D eigenvalue weighted by atomic mass is 16.4. The summed E-state index contributed by atoms with van der Waals surface area (Å²) in [6.45, 7) is 18.7. The molecule has 5 aliphatic carbocycles. The Bertz CT molecular complexity index is 1980. The zero-order chi connectivity index (χ0) is 53.1. The van der Waals surface area contributed by atoms with E-state index in [1.807, 2.05) is 0 Å². The van der Waals surface area contributed by atoms with Crippen LogP contribution in [-0.4, -0.2) is 129 Å². The molecule has 15 atom stereocenters. The van der Waals surface area contributed by atoms with E-state index in [1.54, 1.807) is 0 Å². The number of hydrogen-bond donors (Lipinski definition) is 12.